The van der Waals surface area contributed by atoms with Crippen molar-refractivity contribution in [3.05, 3.63) is 63.7 Å². The number of hydrogen-bond donors (Lipinski definition) is 1. The molecule has 3 atom stereocenters. The molecule has 3 aliphatic heterocycles. The maximum absolute atomic E-state index is 13.0. The Morgan fingerprint density at radius 1 is 1.03 bits per heavy atom. The quantitative estimate of drug-likeness (QED) is 0.588. The maximum atomic E-state index is 13.0. The molecular weight excluding hydrogens is 504 g/mol. The predicted octanol–water partition coefficient (Wildman–Crippen LogP) is 3.76. The van der Waals surface area contributed by atoms with Crippen molar-refractivity contribution in [2.24, 2.45) is 0 Å². The molecule has 2 saturated heterocycles. The number of hydrogen-bond acceptors (Lipinski definition) is 6. The summed E-state index contributed by atoms with van der Waals surface area (Å²) in [5.41, 5.74) is 3.15. The highest BCUT2D eigenvalue weighted by molar-refractivity contribution is 6.30. The van der Waals surface area contributed by atoms with Gasteiger partial charge in [0.15, 0.2) is 0 Å². The molecule has 6 rings (SSSR count). The molecule has 2 aromatic carbocycles. The van der Waals surface area contributed by atoms with Gasteiger partial charge < -0.3 is 9.64 Å². The van der Waals surface area contributed by atoms with Crippen molar-refractivity contribution in [1.29, 1.82) is 5.26 Å². The van der Waals surface area contributed by atoms with Crippen LogP contribution in [-0.4, -0.2) is 58.8 Å². The Bertz CT molecular complexity index is 1350. The summed E-state index contributed by atoms with van der Waals surface area (Å²) in [6.07, 6.45) is 4.94. The number of piperidine rings is 1. The van der Waals surface area contributed by atoms with Crippen molar-refractivity contribution in [2.45, 2.75) is 69.2 Å². The van der Waals surface area contributed by atoms with Gasteiger partial charge in [-0.1, -0.05) is 24.1 Å². The molecule has 8 nitrogen and oxygen atoms in total. The summed E-state index contributed by atoms with van der Waals surface area (Å²) in [5.74, 6) is 0.175. The van der Waals surface area contributed by atoms with Gasteiger partial charge in [-0.05, 0) is 67.1 Å². The smallest absolute Gasteiger partial charge is 0.255 e. The summed E-state index contributed by atoms with van der Waals surface area (Å²) in [4.78, 5) is 40.9. The number of ether oxygens (including phenoxy) is 1. The Kier molecular flexibility index (Phi) is 6.58. The van der Waals surface area contributed by atoms with E-state index >= 15 is 0 Å². The van der Waals surface area contributed by atoms with Crippen LogP contribution in [0.2, 0.25) is 5.02 Å². The molecule has 0 aromatic heterocycles. The van der Waals surface area contributed by atoms with E-state index in [1.54, 1.807) is 17.0 Å². The molecule has 0 radical (unpaired) electrons. The number of likely N-dealkylation sites (tertiary alicyclic amines) is 1. The summed E-state index contributed by atoms with van der Waals surface area (Å²) in [6.45, 7) is 2.11. The summed E-state index contributed by atoms with van der Waals surface area (Å²) in [6, 6.07) is 13.1. The Morgan fingerprint density at radius 2 is 1.84 bits per heavy atom. The van der Waals surface area contributed by atoms with E-state index < -0.39 is 11.9 Å². The van der Waals surface area contributed by atoms with Crippen LogP contribution in [0, 0.1) is 11.3 Å². The zero-order valence-corrected chi connectivity index (χ0v) is 21.7. The van der Waals surface area contributed by atoms with Gasteiger partial charge in [-0.15, -0.1) is 0 Å². The highest BCUT2D eigenvalue weighted by atomic mass is 35.5. The van der Waals surface area contributed by atoms with Gasteiger partial charge in [0, 0.05) is 48.6 Å². The number of carbonyl (C=O) groups is 3. The minimum atomic E-state index is -0.624. The molecule has 2 aromatic rings. The van der Waals surface area contributed by atoms with Gasteiger partial charge in [0.25, 0.3) is 5.91 Å². The second-order valence-corrected chi connectivity index (χ2v) is 11.2. The van der Waals surface area contributed by atoms with Gasteiger partial charge >= 0.3 is 0 Å². The van der Waals surface area contributed by atoms with Crippen molar-refractivity contribution in [1.82, 2.24) is 15.1 Å². The number of fused-ring (bicyclic) bond motifs is 1. The van der Waals surface area contributed by atoms with E-state index in [2.05, 4.69) is 16.3 Å². The standard InChI is InChI=1S/C29H29ClN4O4/c30-20-5-7-22(17(11-20)13-31)19-14-33(15-19)24-3-1-2-4-26(24)38-21-6-8-23-18(12-21)16-34(29(23)37)25-9-10-27(35)32-28(25)36/h5-8,11-12,19,24-26H,1-4,9-10,14-16H2,(H,32,35,36)/t24-,25+,26-/m0/s1. The Balaban J connectivity index is 1.12. The van der Waals surface area contributed by atoms with Crippen LogP contribution in [0.15, 0.2) is 36.4 Å². The van der Waals surface area contributed by atoms with E-state index in [9.17, 15) is 19.6 Å². The minimum Gasteiger partial charge on any atom is -0.489 e. The van der Waals surface area contributed by atoms with E-state index in [0.717, 1.165) is 55.6 Å². The largest absolute Gasteiger partial charge is 0.489 e. The Morgan fingerprint density at radius 3 is 2.63 bits per heavy atom. The number of imide groups is 1. The first-order valence-electron chi connectivity index (χ1n) is 13.3. The molecule has 38 heavy (non-hydrogen) atoms. The number of nitrogens with zero attached hydrogens (tertiary/aromatic N) is 3. The number of nitriles is 1. The lowest BCUT2D eigenvalue weighted by Crippen LogP contribution is -2.57. The van der Waals surface area contributed by atoms with Gasteiger partial charge in [-0.25, -0.2) is 0 Å². The normalized spacial score (nSPS) is 25.9. The molecular formula is C29H29ClN4O4. The number of amides is 3. The molecule has 1 saturated carbocycles. The average Bonchev–Trinajstić information content (AvgIpc) is 3.20. The Labute approximate surface area is 226 Å². The topological polar surface area (TPSA) is 103 Å². The summed E-state index contributed by atoms with van der Waals surface area (Å²) in [7, 11) is 0. The molecule has 0 bridgehead atoms. The molecule has 196 valence electrons. The lowest BCUT2D eigenvalue weighted by molar-refractivity contribution is -0.136. The minimum absolute atomic E-state index is 0.0479. The lowest BCUT2D eigenvalue weighted by atomic mass is 9.83. The zero-order chi connectivity index (χ0) is 26.4. The van der Waals surface area contributed by atoms with Crippen molar-refractivity contribution in [3.8, 4) is 11.8 Å². The van der Waals surface area contributed by atoms with E-state index in [1.807, 2.05) is 24.3 Å². The molecule has 0 spiro atoms. The fraction of sp³-hybridized carbons (Fsp3) is 0.448. The van der Waals surface area contributed by atoms with Crippen LogP contribution in [-0.2, 0) is 16.1 Å². The highest BCUT2D eigenvalue weighted by Gasteiger charge is 2.41. The molecule has 3 heterocycles. The monoisotopic (exact) mass is 532 g/mol. The van der Waals surface area contributed by atoms with Gasteiger partial charge in [0.2, 0.25) is 11.8 Å². The molecule has 0 unspecified atom stereocenters. The molecule has 9 heteroatoms. The van der Waals surface area contributed by atoms with Crippen molar-refractivity contribution in [2.75, 3.05) is 13.1 Å². The number of rotatable bonds is 5. The number of carbonyl (C=O) groups excluding carboxylic acids is 3. The molecule has 1 N–H and O–H groups in total. The molecule has 3 amide bonds. The summed E-state index contributed by atoms with van der Waals surface area (Å²) < 4.78 is 6.54. The second-order valence-electron chi connectivity index (χ2n) is 10.7. The van der Waals surface area contributed by atoms with Crippen LogP contribution >= 0.6 is 11.6 Å². The van der Waals surface area contributed by atoms with Crippen LogP contribution in [0.4, 0.5) is 0 Å². The highest BCUT2D eigenvalue weighted by Crippen LogP contribution is 2.38. The number of benzene rings is 2. The van der Waals surface area contributed by atoms with Gasteiger partial charge in [0.05, 0.1) is 11.6 Å². The number of halogens is 1. The molecule has 1 aliphatic carbocycles. The van der Waals surface area contributed by atoms with E-state index in [0.29, 0.717) is 41.1 Å². The van der Waals surface area contributed by atoms with Crippen LogP contribution in [0.25, 0.3) is 0 Å². The van der Waals surface area contributed by atoms with Crippen LogP contribution < -0.4 is 10.1 Å². The fourth-order valence-corrected chi connectivity index (χ4v) is 6.56. The van der Waals surface area contributed by atoms with Gasteiger partial charge in [-0.2, -0.15) is 5.26 Å². The lowest BCUT2D eigenvalue weighted by Gasteiger charge is -2.48. The first kappa shape index (κ1) is 24.9. The fourth-order valence-electron chi connectivity index (χ4n) is 6.39. The number of nitrogens with one attached hydrogen (secondary N) is 1. The van der Waals surface area contributed by atoms with Crippen molar-refractivity contribution < 1.29 is 19.1 Å². The van der Waals surface area contributed by atoms with Crippen LogP contribution in [0.5, 0.6) is 5.75 Å². The predicted molar refractivity (Wildman–Crippen MR) is 140 cm³/mol. The van der Waals surface area contributed by atoms with Gasteiger partial charge in [0.1, 0.15) is 17.9 Å². The van der Waals surface area contributed by atoms with E-state index in [4.69, 9.17) is 16.3 Å². The third kappa shape index (κ3) is 4.55. The zero-order valence-electron chi connectivity index (χ0n) is 21.0. The van der Waals surface area contributed by atoms with Crippen molar-refractivity contribution >= 4 is 29.3 Å². The third-order valence-corrected chi connectivity index (χ3v) is 8.64. The Hall–Kier alpha value is -3.41. The van der Waals surface area contributed by atoms with Crippen LogP contribution in [0.3, 0.4) is 0 Å². The SMILES string of the molecule is N#Cc1cc(Cl)ccc1C1CN([C@H]2CCCC[C@@H]2Oc2ccc3c(c2)CN([C@@H]2CCC(=O)NC2=O)C3=O)C1. The van der Waals surface area contributed by atoms with Crippen molar-refractivity contribution in [3.63, 3.8) is 0 Å². The molecule has 4 aliphatic rings. The van der Waals surface area contributed by atoms with Gasteiger partial charge in [-0.3, -0.25) is 24.6 Å². The average molecular weight is 533 g/mol. The summed E-state index contributed by atoms with van der Waals surface area (Å²) >= 11 is 6.08. The maximum Gasteiger partial charge on any atom is 0.255 e. The third-order valence-electron chi connectivity index (χ3n) is 8.40. The van der Waals surface area contributed by atoms with Crippen LogP contribution in [0.1, 0.15) is 71.5 Å². The van der Waals surface area contributed by atoms with E-state index in [-0.39, 0.29) is 24.3 Å². The molecule has 3 fully saturated rings. The second kappa shape index (κ2) is 10.0. The first-order valence-corrected chi connectivity index (χ1v) is 13.7. The first-order chi connectivity index (χ1) is 18.4. The van der Waals surface area contributed by atoms with E-state index in [1.165, 1.54) is 0 Å². The summed E-state index contributed by atoms with van der Waals surface area (Å²) in [5, 5.41) is 12.5.